The van der Waals surface area contributed by atoms with Crippen molar-refractivity contribution >= 4 is 33.2 Å². The van der Waals surface area contributed by atoms with Gasteiger partial charge in [-0.3, -0.25) is 0 Å². The minimum absolute atomic E-state index is 0.0227. The molecule has 2 rings (SSSR count). The summed E-state index contributed by atoms with van der Waals surface area (Å²) in [5, 5.41) is 0.0227. The third-order valence-corrected chi connectivity index (χ3v) is 2.86. The van der Waals surface area contributed by atoms with Crippen LogP contribution in [0.15, 0.2) is 34.9 Å². The van der Waals surface area contributed by atoms with Crippen LogP contribution in [0, 0.1) is 5.82 Å². The molecule has 0 unspecified atom stereocenters. The molecule has 0 aliphatic carbocycles. The molecule has 0 fully saturated rings. The van der Waals surface area contributed by atoms with Gasteiger partial charge in [0.25, 0.3) is 0 Å². The molecule has 0 aliphatic heterocycles. The molecule has 0 saturated carbocycles. The van der Waals surface area contributed by atoms with E-state index < -0.39 is 5.82 Å². The average molecular weight is 318 g/mol. The summed E-state index contributed by atoms with van der Waals surface area (Å²) >= 11 is 8.84. The quantitative estimate of drug-likeness (QED) is 0.851. The number of rotatable bonds is 2. The number of anilines is 1. The summed E-state index contributed by atoms with van der Waals surface area (Å²) in [5.74, 6) is 0.0612. The molecule has 0 radical (unpaired) electrons. The Labute approximate surface area is 110 Å². The zero-order valence-corrected chi connectivity index (χ0v) is 10.8. The smallest absolute Gasteiger partial charge is 0.219 e. The highest BCUT2D eigenvalue weighted by atomic mass is 79.9. The number of aromatic nitrogens is 1. The van der Waals surface area contributed by atoms with Gasteiger partial charge in [0.05, 0.1) is 21.4 Å². The molecule has 1 heterocycles. The Morgan fingerprint density at radius 2 is 2.12 bits per heavy atom. The summed E-state index contributed by atoms with van der Waals surface area (Å²) in [7, 11) is 0. The fourth-order valence-corrected chi connectivity index (χ4v) is 1.87. The van der Waals surface area contributed by atoms with Gasteiger partial charge in [0.1, 0.15) is 11.6 Å². The maximum Gasteiger partial charge on any atom is 0.219 e. The molecule has 0 saturated heterocycles. The molecule has 0 bridgehead atoms. The van der Waals surface area contributed by atoms with Crippen LogP contribution in [0.2, 0.25) is 5.02 Å². The lowest BCUT2D eigenvalue weighted by molar-refractivity contribution is 0.455. The third kappa shape index (κ3) is 2.87. The molecule has 0 amide bonds. The second-order valence-corrected chi connectivity index (χ2v) is 4.49. The van der Waals surface area contributed by atoms with Crippen molar-refractivity contribution in [3.8, 4) is 11.6 Å². The second-order valence-electron chi connectivity index (χ2n) is 3.23. The van der Waals surface area contributed by atoms with E-state index >= 15 is 0 Å². The van der Waals surface area contributed by atoms with E-state index in [9.17, 15) is 4.39 Å². The Kier molecular flexibility index (Phi) is 3.49. The number of pyridine rings is 1. The molecule has 1 aromatic heterocycles. The highest BCUT2D eigenvalue weighted by Crippen LogP contribution is 2.33. The van der Waals surface area contributed by atoms with Crippen molar-refractivity contribution in [1.82, 2.24) is 4.98 Å². The highest BCUT2D eigenvalue weighted by Gasteiger charge is 2.09. The molecule has 3 nitrogen and oxygen atoms in total. The van der Waals surface area contributed by atoms with E-state index in [4.69, 9.17) is 22.1 Å². The minimum Gasteiger partial charge on any atom is -0.438 e. The van der Waals surface area contributed by atoms with Gasteiger partial charge in [-0.2, -0.15) is 0 Å². The van der Waals surface area contributed by atoms with Crippen LogP contribution >= 0.6 is 27.5 Å². The van der Waals surface area contributed by atoms with Crippen LogP contribution < -0.4 is 10.5 Å². The molecular formula is C11H7BrClFN2O. The fourth-order valence-electron chi connectivity index (χ4n) is 1.15. The largest absolute Gasteiger partial charge is 0.438 e. The van der Waals surface area contributed by atoms with Crippen LogP contribution in [0.1, 0.15) is 0 Å². The van der Waals surface area contributed by atoms with Crippen LogP contribution in [-0.4, -0.2) is 4.98 Å². The Bertz CT molecular complexity index is 548. The summed E-state index contributed by atoms with van der Waals surface area (Å²) in [4.78, 5) is 3.94. The first-order valence-electron chi connectivity index (χ1n) is 4.60. The molecule has 0 atom stereocenters. The first-order valence-corrected chi connectivity index (χ1v) is 5.77. The molecule has 1 aromatic carbocycles. The topological polar surface area (TPSA) is 48.1 Å². The van der Waals surface area contributed by atoms with E-state index in [0.29, 0.717) is 21.8 Å². The van der Waals surface area contributed by atoms with E-state index in [1.54, 1.807) is 12.1 Å². The summed E-state index contributed by atoms with van der Waals surface area (Å²) in [6.07, 6.45) is 1.45. The van der Waals surface area contributed by atoms with Gasteiger partial charge in [-0.05, 0) is 28.1 Å². The van der Waals surface area contributed by atoms with Crippen LogP contribution in [0.4, 0.5) is 10.1 Å². The first-order chi connectivity index (χ1) is 8.06. The number of benzene rings is 1. The van der Waals surface area contributed by atoms with Gasteiger partial charge in [-0.1, -0.05) is 11.6 Å². The summed E-state index contributed by atoms with van der Waals surface area (Å²) in [6.45, 7) is 0. The Balaban J connectivity index is 2.30. The monoisotopic (exact) mass is 316 g/mol. The zero-order valence-electron chi connectivity index (χ0n) is 8.45. The molecule has 2 aromatic rings. The predicted octanol–water partition coefficient (Wildman–Crippen LogP) is 4.01. The van der Waals surface area contributed by atoms with Gasteiger partial charge >= 0.3 is 0 Å². The number of nitrogens with two attached hydrogens (primary N) is 1. The van der Waals surface area contributed by atoms with Gasteiger partial charge in [-0.15, -0.1) is 0 Å². The van der Waals surface area contributed by atoms with E-state index in [2.05, 4.69) is 20.9 Å². The van der Waals surface area contributed by atoms with Gasteiger partial charge in [0, 0.05) is 12.1 Å². The highest BCUT2D eigenvalue weighted by molar-refractivity contribution is 9.10. The molecule has 17 heavy (non-hydrogen) atoms. The molecular weight excluding hydrogens is 310 g/mol. The van der Waals surface area contributed by atoms with E-state index in [-0.39, 0.29) is 5.02 Å². The van der Waals surface area contributed by atoms with Gasteiger partial charge in [0.15, 0.2) is 0 Å². The van der Waals surface area contributed by atoms with Crippen molar-refractivity contribution in [3.05, 3.63) is 45.8 Å². The standard InChI is InChI=1S/C11H7BrClFN2O/c12-7-3-8(13)9(14)4-10(7)17-11-2-1-6(15)5-16-11/h1-5H,15H2. The summed E-state index contributed by atoms with van der Waals surface area (Å²) in [6, 6.07) is 5.84. The SMILES string of the molecule is Nc1ccc(Oc2cc(F)c(Cl)cc2Br)nc1. The van der Waals surface area contributed by atoms with Crippen molar-refractivity contribution in [3.63, 3.8) is 0 Å². The maximum atomic E-state index is 13.3. The predicted molar refractivity (Wildman–Crippen MR) is 67.8 cm³/mol. The number of nitrogens with zero attached hydrogens (tertiary/aromatic N) is 1. The number of halogens is 3. The summed E-state index contributed by atoms with van der Waals surface area (Å²) in [5.41, 5.74) is 6.02. The van der Waals surface area contributed by atoms with Crippen molar-refractivity contribution in [2.45, 2.75) is 0 Å². The lowest BCUT2D eigenvalue weighted by Crippen LogP contribution is -1.92. The normalized spacial score (nSPS) is 10.3. The lowest BCUT2D eigenvalue weighted by Gasteiger charge is -2.07. The molecule has 0 aliphatic rings. The van der Waals surface area contributed by atoms with Crippen LogP contribution in [0.25, 0.3) is 0 Å². The Morgan fingerprint density at radius 1 is 1.35 bits per heavy atom. The van der Waals surface area contributed by atoms with Crippen molar-refractivity contribution < 1.29 is 9.13 Å². The number of hydrogen-bond donors (Lipinski definition) is 1. The number of ether oxygens (including phenoxy) is 1. The zero-order chi connectivity index (χ0) is 12.4. The van der Waals surface area contributed by atoms with E-state index in [0.717, 1.165) is 0 Å². The number of nitrogen functional groups attached to an aromatic ring is 1. The van der Waals surface area contributed by atoms with Crippen molar-refractivity contribution in [1.29, 1.82) is 0 Å². The maximum absolute atomic E-state index is 13.3. The van der Waals surface area contributed by atoms with Crippen LogP contribution in [0.3, 0.4) is 0 Å². The Hall–Kier alpha value is -1.33. The van der Waals surface area contributed by atoms with E-state index in [1.807, 2.05) is 0 Å². The van der Waals surface area contributed by atoms with Crippen molar-refractivity contribution in [2.75, 3.05) is 5.73 Å². The Morgan fingerprint density at radius 3 is 2.76 bits per heavy atom. The molecule has 6 heteroatoms. The second kappa shape index (κ2) is 4.89. The van der Waals surface area contributed by atoms with E-state index in [1.165, 1.54) is 18.3 Å². The van der Waals surface area contributed by atoms with Crippen LogP contribution in [-0.2, 0) is 0 Å². The van der Waals surface area contributed by atoms with Gasteiger partial charge in [-0.25, -0.2) is 9.37 Å². The fraction of sp³-hybridized carbons (Fsp3) is 0. The molecule has 2 N–H and O–H groups in total. The number of hydrogen-bond acceptors (Lipinski definition) is 3. The minimum atomic E-state index is -0.555. The average Bonchev–Trinajstić information content (AvgIpc) is 2.29. The molecule has 88 valence electrons. The van der Waals surface area contributed by atoms with Gasteiger partial charge in [0.2, 0.25) is 5.88 Å². The third-order valence-electron chi connectivity index (χ3n) is 1.95. The summed E-state index contributed by atoms with van der Waals surface area (Å²) < 4.78 is 19.2. The first kappa shape index (κ1) is 12.1. The molecule has 0 spiro atoms. The van der Waals surface area contributed by atoms with Crippen molar-refractivity contribution in [2.24, 2.45) is 0 Å². The lowest BCUT2D eigenvalue weighted by atomic mass is 10.3. The van der Waals surface area contributed by atoms with Gasteiger partial charge < -0.3 is 10.5 Å². The van der Waals surface area contributed by atoms with Crippen LogP contribution in [0.5, 0.6) is 11.6 Å².